The molecule has 1 heterocycles. The van der Waals surface area contributed by atoms with Crippen LogP contribution in [-0.4, -0.2) is 11.5 Å². The summed E-state index contributed by atoms with van der Waals surface area (Å²) in [6.07, 6.45) is 0. The lowest BCUT2D eigenvalue weighted by Crippen LogP contribution is -2.22. The molecule has 112 valence electrons. The van der Waals surface area contributed by atoms with Gasteiger partial charge in [-0.2, -0.15) is 0 Å². The highest BCUT2D eigenvalue weighted by Crippen LogP contribution is 2.34. The van der Waals surface area contributed by atoms with Crippen molar-refractivity contribution < 1.29 is 9.34 Å². The van der Waals surface area contributed by atoms with Crippen molar-refractivity contribution in [2.45, 2.75) is 19.9 Å². The highest BCUT2D eigenvalue weighted by atomic mass is 79.9. The van der Waals surface area contributed by atoms with Gasteiger partial charge in [0, 0.05) is 8.95 Å². The molecule has 1 aromatic carbocycles. The van der Waals surface area contributed by atoms with Crippen molar-refractivity contribution in [1.82, 2.24) is 5.32 Å². The maximum absolute atomic E-state index is 10.8. The zero-order valence-electron chi connectivity index (χ0n) is 11.5. The van der Waals surface area contributed by atoms with Crippen LogP contribution in [0.15, 0.2) is 37.6 Å². The van der Waals surface area contributed by atoms with Crippen molar-refractivity contribution in [3.63, 3.8) is 0 Å². The van der Waals surface area contributed by atoms with E-state index < -0.39 is 4.92 Å². The van der Waals surface area contributed by atoms with E-state index in [1.54, 1.807) is 6.07 Å². The average molecular weight is 418 g/mol. The third-order valence-corrected chi connectivity index (χ3v) is 4.62. The maximum atomic E-state index is 10.8. The normalized spacial score (nSPS) is 12.4. The maximum Gasteiger partial charge on any atom is 0.433 e. The van der Waals surface area contributed by atoms with Crippen LogP contribution in [0.5, 0.6) is 0 Å². The van der Waals surface area contributed by atoms with Gasteiger partial charge < -0.3 is 9.73 Å². The second-order valence-electron chi connectivity index (χ2n) is 4.55. The van der Waals surface area contributed by atoms with Crippen LogP contribution in [0, 0.1) is 17.0 Å². The molecule has 5 nitrogen and oxygen atoms in total. The number of nitro groups is 1. The van der Waals surface area contributed by atoms with Crippen molar-refractivity contribution in [1.29, 1.82) is 0 Å². The number of furan rings is 1. The number of nitrogens with one attached hydrogen (secondary N) is 1. The Balaban J connectivity index is 2.47. The van der Waals surface area contributed by atoms with Gasteiger partial charge in [-0.05, 0) is 42.8 Å². The fraction of sp³-hybridized carbons (Fsp3) is 0.286. The van der Waals surface area contributed by atoms with Crippen LogP contribution in [0.25, 0.3) is 0 Å². The summed E-state index contributed by atoms with van der Waals surface area (Å²) in [5.41, 5.74) is 2.06. The first kappa shape index (κ1) is 16.2. The van der Waals surface area contributed by atoms with Crippen LogP contribution in [0.3, 0.4) is 0 Å². The van der Waals surface area contributed by atoms with E-state index in [1.165, 1.54) is 6.07 Å². The predicted molar refractivity (Wildman–Crippen MR) is 87.5 cm³/mol. The van der Waals surface area contributed by atoms with Gasteiger partial charge in [0.1, 0.15) is 10.7 Å². The molecule has 2 aromatic rings. The van der Waals surface area contributed by atoms with E-state index in [0.717, 1.165) is 20.1 Å². The van der Waals surface area contributed by atoms with Gasteiger partial charge in [-0.15, -0.1) is 0 Å². The SMILES string of the molecule is CCNC(c1ccc([N+](=O)[O-])o1)c1cc(Br)c(C)cc1Br. The minimum atomic E-state index is -0.535. The monoisotopic (exact) mass is 416 g/mol. The first-order valence-electron chi connectivity index (χ1n) is 6.37. The van der Waals surface area contributed by atoms with E-state index >= 15 is 0 Å². The van der Waals surface area contributed by atoms with E-state index in [0.29, 0.717) is 12.3 Å². The van der Waals surface area contributed by atoms with Crippen LogP contribution >= 0.6 is 31.9 Å². The largest absolute Gasteiger partial charge is 0.433 e. The molecular formula is C14H14Br2N2O3. The van der Waals surface area contributed by atoms with Gasteiger partial charge in [-0.3, -0.25) is 10.1 Å². The van der Waals surface area contributed by atoms with Crippen molar-refractivity contribution in [2.75, 3.05) is 6.54 Å². The number of benzene rings is 1. The molecule has 0 aliphatic rings. The number of hydrogen-bond donors (Lipinski definition) is 1. The predicted octanol–water partition coefficient (Wildman–Crippen LogP) is 4.72. The second-order valence-corrected chi connectivity index (χ2v) is 6.26. The zero-order valence-corrected chi connectivity index (χ0v) is 14.7. The molecule has 0 fully saturated rings. The molecular weight excluding hydrogens is 404 g/mol. The van der Waals surface area contributed by atoms with Gasteiger partial charge in [0.05, 0.1) is 12.1 Å². The molecule has 1 aromatic heterocycles. The molecule has 1 atom stereocenters. The van der Waals surface area contributed by atoms with Crippen molar-refractivity contribution in [2.24, 2.45) is 0 Å². The average Bonchev–Trinajstić information content (AvgIpc) is 2.90. The molecule has 0 amide bonds. The number of nitrogens with zero attached hydrogens (tertiary/aromatic N) is 1. The lowest BCUT2D eigenvalue weighted by molar-refractivity contribution is -0.402. The molecule has 21 heavy (non-hydrogen) atoms. The highest BCUT2D eigenvalue weighted by Gasteiger charge is 2.23. The molecule has 0 saturated carbocycles. The summed E-state index contributed by atoms with van der Waals surface area (Å²) in [5.74, 6) is 0.259. The number of rotatable bonds is 5. The molecule has 0 spiro atoms. The minimum absolute atomic E-state index is 0.254. The van der Waals surface area contributed by atoms with Crippen molar-refractivity contribution >= 4 is 37.7 Å². The van der Waals surface area contributed by atoms with Gasteiger partial charge in [0.25, 0.3) is 0 Å². The Hall–Kier alpha value is -1.18. The van der Waals surface area contributed by atoms with Gasteiger partial charge >= 0.3 is 5.88 Å². The summed E-state index contributed by atoms with van der Waals surface area (Å²) in [4.78, 5) is 10.2. The summed E-state index contributed by atoms with van der Waals surface area (Å²) in [6, 6.07) is 6.74. The molecule has 0 aliphatic heterocycles. The van der Waals surface area contributed by atoms with Gasteiger partial charge in [-0.25, -0.2) is 0 Å². The highest BCUT2D eigenvalue weighted by molar-refractivity contribution is 9.11. The summed E-state index contributed by atoms with van der Waals surface area (Å²) >= 11 is 7.06. The Kier molecular flexibility index (Phi) is 5.18. The molecule has 0 bridgehead atoms. The Bertz CT molecular complexity index is 670. The molecule has 0 radical (unpaired) electrons. The van der Waals surface area contributed by atoms with Crippen molar-refractivity contribution in [3.05, 3.63) is 60.2 Å². The number of aryl methyl sites for hydroxylation is 1. The minimum Gasteiger partial charge on any atom is -0.404 e. The Morgan fingerprint density at radius 2 is 2.05 bits per heavy atom. The van der Waals surface area contributed by atoms with E-state index in [1.807, 2.05) is 26.0 Å². The Morgan fingerprint density at radius 1 is 1.33 bits per heavy atom. The zero-order chi connectivity index (χ0) is 15.6. The lowest BCUT2D eigenvalue weighted by Gasteiger charge is -2.18. The van der Waals surface area contributed by atoms with Crippen LogP contribution in [0.4, 0.5) is 5.88 Å². The van der Waals surface area contributed by atoms with Gasteiger partial charge in [-0.1, -0.05) is 38.8 Å². The smallest absolute Gasteiger partial charge is 0.404 e. The van der Waals surface area contributed by atoms with Gasteiger partial charge in [0.2, 0.25) is 0 Å². The fourth-order valence-corrected chi connectivity index (χ4v) is 3.09. The quantitative estimate of drug-likeness (QED) is 0.564. The number of halogens is 2. The topological polar surface area (TPSA) is 68.3 Å². The fourth-order valence-electron chi connectivity index (χ4n) is 2.05. The summed E-state index contributed by atoms with van der Waals surface area (Å²) in [6.45, 7) is 4.68. The van der Waals surface area contributed by atoms with Crippen LogP contribution in [-0.2, 0) is 0 Å². The van der Waals surface area contributed by atoms with E-state index in [9.17, 15) is 10.1 Å². The first-order valence-corrected chi connectivity index (χ1v) is 7.95. The molecule has 0 saturated heterocycles. The first-order chi connectivity index (χ1) is 9.93. The molecule has 1 unspecified atom stereocenters. The third-order valence-electron chi connectivity index (χ3n) is 3.07. The van der Waals surface area contributed by atoms with E-state index in [-0.39, 0.29) is 11.9 Å². The molecule has 2 rings (SSSR count). The van der Waals surface area contributed by atoms with Crippen LogP contribution < -0.4 is 5.32 Å². The second kappa shape index (κ2) is 6.72. The van der Waals surface area contributed by atoms with Crippen LogP contribution in [0.2, 0.25) is 0 Å². The van der Waals surface area contributed by atoms with E-state index in [4.69, 9.17) is 4.42 Å². The summed E-state index contributed by atoms with van der Waals surface area (Å²) in [7, 11) is 0. The van der Waals surface area contributed by atoms with Crippen molar-refractivity contribution in [3.8, 4) is 0 Å². The summed E-state index contributed by atoms with van der Waals surface area (Å²) in [5, 5.41) is 14.1. The Morgan fingerprint density at radius 3 is 2.62 bits per heavy atom. The lowest BCUT2D eigenvalue weighted by atomic mass is 10.0. The Labute approximate surface area is 139 Å². The summed E-state index contributed by atoms with van der Waals surface area (Å²) < 4.78 is 7.24. The molecule has 7 heteroatoms. The third kappa shape index (κ3) is 3.53. The van der Waals surface area contributed by atoms with Gasteiger partial charge in [0.15, 0.2) is 0 Å². The molecule has 1 N–H and O–H groups in total. The number of hydrogen-bond acceptors (Lipinski definition) is 4. The standard InChI is InChI=1S/C14H14Br2N2O3/c1-3-17-14(12-4-5-13(21-12)18(19)20)9-7-10(15)8(2)6-11(9)16/h4-7,14,17H,3H2,1-2H3. The molecule has 0 aliphatic carbocycles. The van der Waals surface area contributed by atoms with Crippen LogP contribution in [0.1, 0.15) is 29.9 Å². The van der Waals surface area contributed by atoms with E-state index in [2.05, 4.69) is 37.2 Å².